The van der Waals surface area contributed by atoms with Gasteiger partial charge in [0.05, 0.1) is 4.47 Å². The quantitative estimate of drug-likeness (QED) is 0.778. The maximum atomic E-state index is 13.3. The van der Waals surface area contributed by atoms with Crippen molar-refractivity contribution in [1.82, 2.24) is 9.88 Å². The Balaban J connectivity index is 1.74. The van der Waals surface area contributed by atoms with E-state index in [-0.39, 0.29) is 23.6 Å². The summed E-state index contributed by atoms with van der Waals surface area (Å²) < 4.78 is 19.4. The number of hydrogen-bond acceptors (Lipinski definition) is 4. The highest BCUT2D eigenvalue weighted by atomic mass is 79.9. The van der Waals surface area contributed by atoms with Crippen molar-refractivity contribution in [2.24, 2.45) is 11.7 Å². The van der Waals surface area contributed by atoms with Crippen LogP contribution in [0.25, 0.3) is 0 Å². The molecule has 3 rings (SSSR count). The van der Waals surface area contributed by atoms with Gasteiger partial charge in [-0.25, -0.2) is 9.37 Å². The molecule has 142 valence electrons. The molecule has 27 heavy (non-hydrogen) atoms. The molecule has 1 aromatic heterocycles. The molecule has 0 bridgehead atoms. The number of primary amides is 1. The van der Waals surface area contributed by atoms with Crippen LogP contribution in [0, 0.1) is 11.7 Å². The molecule has 0 spiro atoms. The smallest absolute Gasteiger partial charge is 0.259 e. The zero-order valence-corrected chi connectivity index (χ0v) is 16.1. The van der Waals surface area contributed by atoms with Crippen molar-refractivity contribution in [3.63, 3.8) is 0 Å². The molecule has 0 radical (unpaired) electrons. The standard InChI is InChI=1S/C19H19BrFN3O3/c20-15-11-13(21)3-4-16(15)27-18-14(2-1-7-23-18)19(26)24-8-5-12(6-9-24)10-17(22)25/h1-4,7,11-12H,5-6,8-10H2,(H2,22,25). The van der Waals surface area contributed by atoms with Gasteiger partial charge >= 0.3 is 0 Å². The fraction of sp³-hybridized carbons (Fsp3) is 0.316. The predicted octanol–water partition coefficient (Wildman–Crippen LogP) is 3.50. The zero-order valence-electron chi connectivity index (χ0n) is 14.5. The summed E-state index contributed by atoms with van der Waals surface area (Å²) in [4.78, 5) is 29.9. The largest absolute Gasteiger partial charge is 0.437 e. The van der Waals surface area contributed by atoms with Crippen LogP contribution < -0.4 is 10.5 Å². The number of benzene rings is 1. The summed E-state index contributed by atoms with van der Waals surface area (Å²) in [5, 5.41) is 0. The van der Waals surface area contributed by atoms with Crippen LogP contribution in [0.3, 0.4) is 0 Å². The van der Waals surface area contributed by atoms with Crippen molar-refractivity contribution >= 4 is 27.7 Å². The molecule has 1 saturated heterocycles. The number of nitrogens with zero attached hydrogens (tertiary/aromatic N) is 2. The third-order valence-electron chi connectivity index (χ3n) is 4.49. The van der Waals surface area contributed by atoms with Gasteiger partial charge in [0, 0.05) is 25.7 Å². The van der Waals surface area contributed by atoms with Crippen LogP contribution in [0.15, 0.2) is 41.0 Å². The Morgan fingerprint density at radius 3 is 2.70 bits per heavy atom. The Bertz CT molecular complexity index is 854. The molecule has 6 nitrogen and oxygen atoms in total. The number of amides is 2. The van der Waals surface area contributed by atoms with E-state index in [1.807, 2.05) is 0 Å². The topological polar surface area (TPSA) is 85.5 Å². The van der Waals surface area contributed by atoms with Crippen molar-refractivity contribution in [3.05, 3.63) is 52.4 Å². The van der Waals surface area contributed by atoms with Gasteiger partial charge in [0.2, 0.25) is 11.8 Å². The van der Waals surface area contributed by atoms with E-state index in [0.29, 0.717) is 35.3 Å². The molecule has 0 unspecified atom stereocenters. The Labute approximate surface area is 164 Å². The van der Waals surface area contributed by atoms with Crippen LogP contribution in [0.1, 0.15) is 29.6 Å². The van der Waals surface area contributed by atoms with Gasteiger partial charge in [-0.2, -0.15) is 0 Å². The molecule has 1 aliphatic rings. The lowest BCUT2D eigenvalue weighted by Crippen LogP contribution is -2.39. The van der Waals surface area contributed by atoms with Gasteiger partial charge in [0.25, 0.3) is 5.91 Å². The molecule has 2 amide bonds. The molecule has 0 aliphatic carbocycles. The number of carbonyl (C=O) groups excluding carboxylic acids is 2. The number of nitrogens with two attached hydrogens (primary N) is 1. The lowest BCUT2D eigenvalue weighted by atomic mass is 9.93. The summed E-state index contributed by atoms with van der Waals surface area (Å²) in [6.45, 7) is 1.09. The van der Waals surface area contributed by atoms with Gasteiger partial charge in [-0.1, -0.05) is 0 Å². The second-order valence-electron chi connectivity index (χ2n) is 6.44. The lowest BCUT2D eigenvalue weighted by molar-refractivity contribution is -0.119. The minimum absolute atomic E-state index is 0.161. The lowest BCUT2D eigenvalue weighted by Gasteiger charge is -2.31. The number of aromatic nitrogens is 1. The van der Waals surface area contributed by atoms with Crippen LogP contribution in [0.2, 0.25) is 0 Å². The van der Waals surface area contributed by atoms with Crippen LogP contribution in [0.5, 0.6) is 11.6 Å². The van der Waals surface area contributed by atoms with E-state index in [2.05, 4.69) is 20.9 Å². The summed E-state index contributed by atoms with van der Waals surface area (Å²) >= 11 is 3.24. The Morgan fingerprint density at radius 2 is 2.04 bits per heavy atom. The fourth-order valence-electron chi connectivity index (χ4n) is 3.09. The normalized spacial score (nSPS) is 14.8. The SMILES string of the molecule is NC(=O)CC1CCN(C(=O)c2cccnc2Oc2ccc(F)cc2Br)CC1. The summed E-state index contributed by atoms with van der Waals surface area (Å²) in [7, 11) is 0. The summed E-state index contributed by atoms with van der Waals surface area (Å²) in [6, 6.07) is 7.34. The molecule has 0 saturated carbocycles. The number of carbonyl (C=O) groups is 2. The Hall–Kier alpha value is -2.48. The maximum absolute atomic E-state index is 13.3. The van der Waals surface area contributed by atoms with Crippen molar-refractivity contribution in [2.45, 2.75) is 19.3 Å². The number of likely N-dealkylation sites (tertiary alicyclic amines) is 1. The second-order valence-corrected chi connectivity index (χ2v) is 7.29. The number of rotatable bonds is 5. The first-order valence-corrected chi connectivity index (χ1v) is 9.39. The van der Waals surface area contributed by atoms with Gasteiger partial charge in [-0.3, -0.25) is 9.59 Å². The fourth-order valence-corrected chi connectivity index (χ4v) is 3.52. The molecule has 2 heterocycles. The molecular formula is C19H19BrFN3O3. The van der Waals surface area contributed by atoms with Crippen LogP contribution in [-0.4, -0.2) is 34.8 Å². The van der Waals surface area contributed by atoms with Gasteiger partial charge in [0.1, 0.15) is 17.1 Å². The number of piperidine rings is 1. The van der Waals surface area contributed by atoms with Crippen LogP contribution in [0.4, 0.5) is 4.39 Å². The zero-order chi connectivity index (χ0) is 19.4. The number of halogens is 2. The number of ether oxygens (including phenoxy) is 1. The molecular weight excluding hydrogens is 417 g/mol. The molecule has 2 N–H and O–H groups in total. The second kappa shape index (κ2) is 8.47. The monoisotopic (exact) mass is 435 g/mol. The van der Waals surface area contributed by atoms with Crippen LogP contribution in [-0.2, 0) is 4.79 Å². The van der Waals surface area contributed by atoms with E-state index in [1.165, 1.54) is 24.4 Å². The first kappa shape index (κ1) is 19.3. The van der Waals surface area contributed by atoms with E-state index >= 15 is 0 Å². The average molecular weight is 436 g/mol. The molecule has 1 aliphatic heterocycles. The molecule has 2 aromatic rings. The molecule has 8 heteroatoms. The van der Waals surface area contributed by atoms with E-state index in [4.69, 9.17) is 10.5 Å². The first-order valence-electron chi connectivity index (χ1n) is 8.59. The minimum Gasteiger partial charge on any atom is -0.437 e. The predicted molar refractivity (Wildman–Crippen MR) is 101 cm³/mol. The summed E-state index contributed by atoms with van der Waals surface area (Å²) in [5.74, 6) is -0.156. The first-order chi connectivity index (χ1) is 12.9. The average Bonchev–Trinajstić information content (AvgIpc) is 2.64. The molecule has 0 atom stereocenters. The van der Waals surface area contributed by atoms with Crippen molar-refractivity contribution in [1.29, 1.82) is 0 Å². The van der Waals surface area contributed by atoms with Crippen molar-refractivity contribution in [2.75, 3.05) is 13.1 Å². The van der Waals surface area contributed by atoms with E-state index in [0.717, 1.165) is 12.8 Å². The Kier molecular flexibility index (Phi) is 6.05. The van der Waals surface area contributed by atoms with E-state index in [1.54, 1.807) is 17.0 Å². The summed E-state index contributed by atoms with van der Waals surface area (Å²) in [6.07, 6.45) is 3.34. The van der Waals surface area contributed by atoms with Gasteiger partial charge in [0.15, 0.2) is 0 Å². The molecule has 1 aromatic carbocycles. The van der Waals surface area contributed by atoms with Crippen LogP contribution >= 0.6 is 15.9 Å². The van der Waals surface area contributed by atoms with Crippen molar-refractivity contribution < 1.29 is 18.7 Å². The third kappa shape index (κ3) is 4.82. The minimum atomic E-state index is -0.398. The Morgan fingerprint density at radius 1 is 1.30 bits per heavy atom. The van der Waals surface area contributed by atoms with Gasteiger partial charge in [-0.15, -0.1) is 0 Å². The highest BCUT2D eigenvalue weighted by Gasteiger charge is 2.27. The van der Waals surface area contributed by atoms with Gasteiger partial charge < -0.3 is 15.4 Å². The van der Waals surface area contributed by atoms with E-state index in [9.17, 15) is 14.0 Å². The summed E-state index contributed by atoms with van der Waals surface area (Å²) in [5.41, 5.74) is 5.59. The maximum Gasteiger partial charge on any atom is 0.259 e. The van der Waals surface area contributed by atoms with E-state index < -0.39 is 5.82 Å². The number of hydrogen-bond donors (Lipinski definition) is 1. The molecule has 1 fully saturated rings. The highest BCUT2D eigenvalue weighted by Crippen LogP contribution is 2.31. The highest BCUT2D eigenvalue weighted by molar-refractivity contribution is 9.10. The number of pyridine rings is 1. The third-order valence-corrected chi connectivity index (χ3v) is 5.11. The van der Waals surface area contributed by atoms with Gasteiger partial charge in [-0.05, 0) is 65.0 Å². The van der Waals surface area contributed by atoms with Crippen molar-refractivity contribution in [3.8, 4) is 11.6 Å².